The summed E-state index contributed by atoms with van der Waals surface area (Å²) < 4.78 is 13.3. The number of rotatable bonds is 4. The van der Waals surface area contributed by atoms with E-state index in [1.807, 2.05) is 6.07 Å². The van der Waals surface area contributed by atoms with E-state index in [0.29, 0.717) is 11.5 Å². The molecule has 1 saturated carbocycles. The molecule has 0 aromatic heterocycles. The van der Waals surface area contributed by atoms with Crippen LogP contribution < -0.4 is 5.32 Å². The van der Waals surface area contributed by atoms with Crippen molar-refractivity contribution in [3.8, 4) is 0 Å². The molecule has 2 unspecified atom stereocenters. The van der Waals surface area contributed by atoms with Crippen LogP contribution in [0.4, 0.5) is 4.39 Å². The molecule has 1 aromatic carbocycles. The van der Waals surface area contributed by atoms with Crippen LogP contribution in [-0.2, 0) is 0 Å². The van der Waals surface area contributed by atoms with Gasteiger partial charge in [0, 0.05) is 12.1 Å². The first-order chi connectivity index (χ1) is 8.50. The van der Waals surface area contributed by atoms with Crippen LogP contribution in [0, 0.1) is 11.2 Å². The van der Waals surface area contributed by atoms with E-state index in [1.165, 1.54) is 25.3 Å². The van der Waals surface area contributed by atoms with Crippen LogP contribution in [0.5, 0.6) is 0 Å². The summed E-state index contributed by atoms with van der Waals surface area (Å²) in [5, 5.41) is 3.70. The summed E-state index contributed by atoms with van der Waals surface area (Å²) in [5.41, 5.74) is 1.53. The van der Waals surface area contributed by atoms with Gasteiger partial charge in [0.05, 0.1) is 0 Å². The van der Waals surface area contributed by atoms with Crippen molar-refractivity contribution in [2.75, 3.05) is 0 Å². The zero-order valence-electron chi connectivity index (χ0n) is 11.7. The maximum Gasteiger partial charge on any atom is 0.123 e. The second kappa shape index (κ2) is 5.40. The van der Waals surface area contributed by atoms with Crippen LogP contribution in [0.25, 0.3) is 0 Å². The van der Waals surface area contributed by atoms with Gasteiger partial charge in [0.2, 0.25) is 0 Å². The predicted octanol–water partition coefficient (Wildman–Crippen LogP) is 4.45. The van der Waals surface area contributed by atoms with Crippen LogP contribution in [-0.4, -0.2) is 6.04 Å². The lowest BCUT2D eigenvalue weighted by Crippen LogP contribution is -2.31. The van der Waals surface area contributed by atoms with Crippen molar-refractivity contribution in [3.05, 3.63) is 35.6 Å². The second-order valence-electron chi connectivity index (χ2n) is 6.29. The van der Waals surface area contributed by atoms with Crippen LogP contribution in [0.1, 0.15) is 58.1 Å². The zero-order chi connectivity index (χ0) is 13.2. The largest absolute Gasteiger partial charge is 0.307 e. The molecule has 1 aliphatic carbocycles. The van der Waals surface area contributed by atoms with E-state index in [9.17, 15) is 4.39 Å². The molecule has 0 heterocycles. The van der Waals surface area contributed by atoms with Gasteiger partial charge >= 0.3 is 0 Å². The highest BCUT2D eigenvalue weighted by Crippen LogP contribution is 2.38. The third kappa shape index (κ3) is 3.32. The van der Waals surface area contributed by atoms with Crippen molar-refractivity contribution in [3.63, 3.8) is 0 Å². The zero-order valence-corrected chi connectivity index (χ0v) is 11.7. The van der Waals surface area contributed by atoms with E-state index in [4.69, 9.17) is 0 Å². The lowest BCUT2D eigenvalue weighted by molar-refractivity contribution is 0.350. The van der Waals surface area contributed by atoms with Gasteiger partial charge in [-0.25, -0.2) is 4.39 Å². The molecule has 0 aliphatic heterocycles. The van der Waals surface area contributed by atoms with Crippen molar-refractivity contribution in [1.29, 1.82) is 0 Å². The Morgan fingerprint density at radius 2 is 2.22 bits per heavy atom. The van der Waals surface area contributed by atoms with Crippen molar-refractivity contribution in [1.82, 2.24) is 5.32 Å². The fraction of sp³-hybridized carbons (Fsp3) is 0.625. The lowest BCUT2D eigenvalue weighted by atomic mass is 9.91. The summed E-state index contributed by atoms with van der Waals surface area (Å²) in [4.78, 5) is 0. The molecule has 0 amide bonds. The molecule has 0 spiro atoms. The van der Waals surface area contributed by atoms with Gasteiger partial charge in [-0.3, -0.25) is 0 Å². The third-order valence-electron chi connectivity index (χ3n) is 4.06. The van der Waals surface area contributed by atoms with Crippen LogP contribution >= 0.6 is 0 Å². The summed E-state index contributed by atoms with van der Waals surface area (Å²) in [6, 6.07) is 7.83. The number of nitrogens with one attached hydrogen (secondary N) is 1. The molecule has 1 nitrogen and oxygen atoms in total. The molecule has 0 saturated heterocycles. The Balaban J connectivity index is 2.02. The molecule has 2 rings (SSSR count). The highest BCUT2D eigenvalue weighted by molar-refractivity contribution is 5.20. The van der Waals surface area contributed by atoms with Gasteiger partial charge in [-0.1, -0.05) is 32.9 Å². The molecule has 18 heavy (non-hydrogen) atoms. The first-order valence-electron chi connectivity index (χ1n) is 7.02. The minimum Gasteiger partial charge on any atom is -0.307 e. The van der Waals surface area contributed by atoms with Gasteiger partial charge in [-0.2, -0.15) is 0 Å². The summed E-state index contributed by atoms with van der Waals surface area (Å²) in [5.74, 6) is -0.139. The van der Waals surface area contributed by atoms with E-state index < -0.39 is 0 Å². The molecule has 1 aromatic rings. The predicted molar refractivity (Wildman–Crippen MR) is 74.0 cm³/mol. The Kier molecular flexibility index (Phi) is 4.06. The van der Waals surface area contributed by atoms with Gasteiger partial charge in [-0.05, 0) is 48.8 Å². The van der Waals surface area contributed by atoms with E-state index in [2.05, 4.69) is 26.1 Å². The van der Waals surface area contributed by atoms with Gasteiger partial charge in [0.1, 0.15) is 5.82 Å². The van der Waals surface area contributed by atoms with Gasteiger partial charge in [-0.15, -0.1) is 0 Å². The summed E-state index contributed by atoms with van der Waals surface area (Å²) in [7, 11) is 0. The monoisotopic (exact) mass is 249 g/mol. The quantitative estimate of drug-likeness (QED) is 0.831. The topological polar surface area (TPSA) is 12.0 Å². The minimum atomic E-state index is -0.139. The first kappa shape index (κ1) is 13.5. The Labute approximate surface area is 110 Å². The molecule has 2 heteroatoms. The Morgan fingerprint density at radius 3 is 2.78 bits per heavy atom. The van der Waals surface area contributed by atoms with Crippen LogP contribution in [0.2, 0.25) is 0 Å². The molecular formula is C16H24FN. The normalized spacial score (nSPS) is 24.1. The van der Waals surface area contributed by atoms with E-state index in [-0.39, 0.29) is 11.9 Å². The second-order valence-corrected chi connectivity index (χ2v) is 6.29. The molecule has 0 bridgehead atoms. The van der Waals surface area contributed by atoms with E-state index in [1.54, 1.807) is 12.1 Å². The maximum absolute atomic E-state index is 13.3. The molecule has 1 fully saturated rings. The summed E-state index contributed by atoms with van der Waals surface area (Å²) >= 11 is 0. The summed E-state index contributed by atoms with van der Waals surface area (Å²) in [6.07, 6.45) is 4.74. The highest BCUT2D eigenvalue weighted by atomic mass is 19.1. The standard InChI is InChI=1S/C16H24FN/c1-4-15(12-6-5-7-13(17)10-12)18-14-8-9-16(2,3)11-14/h5-7,10,14-15,18H,4,8-9,11H2,1-3H3. The van der Waals surface area contributed by atoms with E-state index in [0.717, 1.165) is 12.0 Å². The summed E-state index contributed by atoms with van der Waals surface area (Å²) in [6.45, 7) is 6.82. The highest BCUT2D eigenvalue weighted by Gasteiger charge is 2.31. The fourth-order valence-corrected chi connectivity index (χ4v) is 3.04. The van der Waals surface area contributed by atoms with Crippen molar-refractivity contribution in [2.45, 2.75) is 58.5 Å². The van der Waals surface area contributed by atoms with Gasteiger partial charge in [0.25, 0.3) is 0 Å². The van der Waals surface area contributed by atoms with Gasteiger partial charge in [0.15, 0.2) is 0 Å². The smallest absolute Gasteiger partial charge is 0.123 e. The number of hydrogen-bond donors (Lipinski definition) is 1. The molecule has 1 aliphatic rings. The van der Waals surface area contributed by atoms with E-state index >= 15 is 0 Å². The fourth-order valence-electron chi connectivity index (χ4n) is 3.04. The first-order valence-corrected chi connectivity index (χ1v) is 7.02. The van der Waals surface area contributed by atoms with Crippen molar-refractivity contribution in [2.24, 2.45) is 5.41 Å². The number of hydrogen-bond acceptors (Lipinski definition) is 1. The van der Waals surface area contributed by atoms with Crippen LogP contribution in [0.3, 0.4) is 0 Å². The van der Waals surface area contributed by atoms with Crippen molar-refractivity contribution < 1.29 is 4.39 Å². The lowest BCUT2D eigenvalue weighted by Gasteiger charge is -2.24. The SMILES string of the molecule is CCC(NC1CCC(C)(C)C1)c1cccc(F)c1. The Bertz CT molecular complexity index is 400. The molecule has 100 valence electrons. The third-order valence-corrected chi connectivity index (χ3v) is 4.06. The molecule has 2 atom stereocenters. The average molecular weight is 249 g/mol. The number of benzene rings is 1. The molecular weight excluding hydrogens is 225 g/mol. The Hall–Kier alpha value is -0.890. The average Bonchev–Trinajstić information content (AvgIpc) is 2.65. The van der Waals surface area contributed by atoms with Crippen molar-refractivity contribution >= 4 is 0 Å². The maximum atomic E-state index is 13.3. The number of halogens is 1. The molecule has 1 N–H and O–H groups in total. The Morgan fingerprint density at radius 1 is 1.44 bits per heavy atom. The minimum absolute atomic E-state index is 0.139. The van der Waals surface area contributed by atoms with Gasteiger partial charge < -0.3 is 5.32 Å². The van der Waals surface area contributed by atoms with Crippen LogP contribution in [0.15, 0.2) is 24.3 Å². The molecule has 0 radical (unpaired) electrons.